The van der Waals surface area contributed by atoms with E-state index in [1.807, 2.05) is 0 Å². The SMILES string of the molecule is O=C(NC1C2C3CCC(C3)C12)c1cc(S)ccc1F. The molecule has 19 heavy (non-hydrogen) atoms. The van der Waals surface area contributed by atoms with E-state index in [4.69, 9.17) is 0 Å². The molecule has 0 spiro atoms. The van der Waals surface area contributed by atoms with Crippen molar-refractivity contribution in [1.29, 1.82) is 0 Å². The van der Waals surface area contributed by atoms with E-state index < -0.39 is 5.82 Å². The van der Waals surface area contributed by atoms with Gasteiger partial charge < -0.3 is 5.32 Å². The molecular formula is C15H16FNOS. The quantitative estimate of drug-likeness (QED) is 0.800. The van der Waals surface area contributed by atoms with E-state index in [-0.39, 0.29) is 11.5 Å². The first-order valence-electron chi connectivity index (χ1n) is 6.94. The standard InChI is InChI=1S/C15H16FNOS/c16-11-4-3-9(19)6-10(11)15(18)17-14-12-7-1-2-8(5-7)13(12)14/h3-4,6-8,12-14,19H,1-2,5H2,(H,17,18). The predicted octanol–water partition coefficient (Wildman–Crippen LogP) is 2.89. The summed E-state index contributed by atoms with van der Waals surface area (Å²) in [7, 11) is 0. The molecule has 1 aromatic carbocycles. The maximum absolute atomic E-state index is 13.7. The molecule has 4 heteroatoms. The normalized spacial score (nSPS) is 38.1. The van der Waals surface area contributed by atoms with Gasteiger partial charge in [-0.15, -0.1) is 12.6 Å². The van der Waals surface area contributed by atoms with Gasteiger partial charge >= 0.3 is 0 Å². The van der Waals surface area contributed by atoms with Crippen LogP contribution >= 0.6 is 12.6 Å². The first-order chi connectivity index (χ1) is 9.15. The van der Waals surface area contributed by atoms with Crippen molar-refractivity contribution in [3.63, 3.8) is 0 Å². The first kappa shape index (κ1) is 11.8. The Labute approximate surface area is 117 Å². The van der Waals surface area contributed by atoms with Crippen LogP contribution in [0.4, 0.5) is 4.39 Å². The van der Waals surface area contributed by atoms with E-state index in [9.17, 15) is 9.18 Å². The van der Waals surface area contributed by atoms with Crippen molar-refractivity contribution in [2.24, 2.45) is 23.7 Å². The molecule has 3 aliphatic rings. The number of thiol groups is 1. The van der Waals surface area contributed by atoms with E-state index >= 15 is 0 Å². The highest BCUT2D eigenvalue weighted by Gasteiger charge is 2.65. The Kier molecular flexibility index (Phi) is 2.47. The van der Waals surface area contributed by atoms with E-state index in [1.54, 1.807) is 6.07 Å². The Hall–Kier alpha value is -1.03. The lowest BCUT2D eigenvalue weighted by Crippen LogP contribution is -2.30. The minimum atomic E-state index is -0.468. The summed E-state index contributed by atoms with van der Waals surface area (Å²) in [5.41, 5.74) is 0.116. The number of amides is 1. The third-order valence-corrected chi connectivity index (χ3v) is 5.51. The molecule has 3 saturated carbocycles. The molecule has 0 aliphatic heterocycles. The Bertz CT molecular complexity index is 545. The molecule has 0 aromatic heterocycles. The summed E-state index contributed by atoms with van der Waals surface area (Å²) in [6.45, 7) is 0. The molecule has 1 aromatic rings. The molecule has 3 fully saturated rings. The highest BCUT2D eigenvalue weighted by Crippen LogP contribution is 2.65. The van der Waals surface area contributed by atoms with Crippen molar-refractivity contribution in [3.8, 4) is 0 Å². The van der Waals surface area contributed by atoms with Crippen molar-refractivity contribution in [1.82, 2.24) is 5.32 Å². The molecule has 4 atom stereocenters. The first-order valence-corrected chi connectivity index (χ1v) is 7.39. The van der Waals surface area contributed by atoms with Crippen LogP contribution in [0.1, 0.15) is 29.6 Å². The second-order valence-electron chi connectivity index (χ2n) is 6.15. The van der Waals surface area contributed by atoms with Gasteiger partial charge in [0, 0.05) is 10.9 Å². The molecule has 100 valence electrons. The maximum atomic E-state index is 13.7. The van der Waals surface area contributed by atoms with Crippen LogP contribution in [0.15, 0.2) is 23.1 Å². The predicted molar refractivity (Wildman–Crippen MR) is 72.7 cm³/mol. The topological polar surface area (TPSA) is 29.1 Å². The van der Waals surface area contributed by atoms with Gasteiger partial charge in [-0.1, -0.05) is 0 Å². The van der Waals surface area contributed by atoms with Crippen LogP contribution in [0.25, 0.3) is 0 Å². The fourth-order valence-corrected chi connectivity index (χ4v) is 4.64. The highest BCUT2D eigenvalue weighted by molar-refractivity contribution is 7.80. The molecule has 4 rings (SSSR count). The number of carbonyl (C=O) groups is 1. The van der Waals surface area contributed by atoms with Crippen molar-refractivity contribution in [2.75, 3.05) is 0 Å². The van der Waals surface area contributed by atoms with Gasteiger partial charge in [-0.2, -0.15) is 0 Å². The third-order valence-electron chi connectivity index (χ3n) is 5.23. The molecule has 0 radical (unpaired) electrons. The average molecular weight is 277 g/mol. The summed E-state index contributed by atoms with van der Waals surface area (Å²) in [6.07, 6.45) is 3.99. The average Bonchev–Trinajstić information content (AvgIpc) is 2.80. The van der Waals surface area contributed by atoms with Crippen molar-refractivity contribution >= 4 is 18.5 Å². The second-order valence-corrected chi connectivity index (χ2v) is 6.67. The number of hydrogen-bond donors (Lipinski definition) is 2. The number of fused-ring (bicyclic) bond motifs is 5. The van der Waals surface area contributed by atoms with Gasteiger partial charge in [0.05, 0.1) is 5.56 Å². The molecule has 0 saturated heterocycles. The monoisotopic (exact) mass is 277 g/mol. The van der Waals surface area contributed by atoms with E-state index in [0.717, 1.165) is 11.8 Å². The van der Waals surface area contributed by atoms with Crippen molar-refractivity contribution in [2.45, 2.75) is 30.2 Å². The van der Waals surface area contributed by atoms with Crippen LogP contribution < -0.4 is 5.32 Å². The number of hydrogen-bond acceptors (Lipinski definition) is 2. The van der Waals surface area contributed by atoms with Crippen molar-refractivity contribution in [3.05, 3.63) is 29.6 Å². The molecule has 3 aliphatic carbocycles. The van der Waals surface area contributed by atoms with Crippen LogP contribution in [-0.2, 0) is 0 Å². The lowest BCUT2D eigenvalue weighted by molar-refractivity contribution is 0.0940. The Morgan fingerprint density at radius 1 is 1.26 bits per heavy atom. The fraction of sp³-hybridized carbons (Fsp3) is 0.533. The summed E-state index contributed by atoms with van der Waals surface area (Å²) in [5, 5.41) is 3.03. The van der Waals surface area contributed by atoms with Crippen LogP contribution in [0.3, 0.4) is 0 Å². The largest absolute Gasteiger partial charge is 0.349 e. The number of halogens is 1. The summed E-state index contributed by atoms with van der Waals surface area (Å²) < 4.78 is 13.7. The molecule has 0 heterocycles. The summed E-state index contributed by atoms with van der Waals surface area (Å²) in [6, 6.07) is 4.65. The minimum absolute atomic E-state index is 0.116. The molecule has 1 amide bonds. The molecule has 1 N–H and O–H groups in total. The molecular weight excluding hydrogens is 261 g/mol. The van der Waals surface area contributed by atoms with Gasteiger partial charge in [0.15, 0.2) is 0 Å². The van der Waals surface area contributed by atoms with Crippen LogP contribution in [0.2, 0.25) is 0 Å². The van der Waals surface area contributed by atoms with Gasteiger partial charge in [-0.05, 0) is 61.1 Å². The number of rotatable bonds is 2. The van der Waals surface area contributed by atoms with Gasteiger partial charge in [0.2, 0.25) is 0 Å². The Morgan fingerprint density at radius 3 is 2.63 bits per heavy atom. The molecule has 4 unspecified atom stereocenters. The van der Waals surface area contributed by atoms with E-state index in [2.05, 4.69) is 17.9 Å². The smallest absolute Gasteiger partial charge is 0.254 e. The lowest BCUT2D eigenvalue weighted by atomic mass is 10.0. The zero-order chi connectivity index (χ0) is 13.1. The minimum Gasteiger partial charge on any atom is -0.349 e. The Morgan fingerprint density at radius 2 is 1.95 bits per heavy atom. The highest BCUT2D eigenvalue weighted by atomic mass is 32.1. The maximum Gasteiger partial charge on any atom is 0.254 e. The van der Waals surface area contributed by atoms with Gasteiger partial charge in [-0.3, -0.25) is 4.79 Å². The molecule has 2 nitrogen and oxygen atoms in total. The number of carbonyl (C=O) groups excluding carboxylic acids is 1. The van der Waals surface area contributed by atoms with Gasteiger partial charge in [-0.25, -0.2) is 4.39 Å². The number of nitrogens with one attached hydrogen (secondary N) is 1. The molecule has 2 bridgehead atoms. The second kappa shape index (κ2) is 3.98. The van der Waals surface area contributed by atoms with Crippen LogP contribution in [-0.4, -0.2) is 11.9 Å². The zero-order valence-electron chi connectivity index (χ0n) is 10.5. The summed E-state index contributed by atoms with van der Waals surface area (Å²) in [5.74, 6) is 2.20. The van der Waals surface area contributed by atoms with E-state index in [1.165, 1.54) is 31.4 Å². The van der Waals surface area contributed by atoms with Crippen LogP contribution in [0.5, 0.6) is 0 Å². The van der Waals surface area contributed by atoms with Gasteiger partial charge in [0.1, 0.15) is 5.82 Å². The summed E-state index contributed by atoms with van der Waals surface area (Å²) in [4.78, 5) is 12.8. The van der Waals surface area contributed by atoms with Gasteiger partial charge in [0.25, 0.3) is 5.91 Å². The number of benzene rings is 1. The zero-order valence-corrected chi connectivity index (χ0v) is 11.4. The summed E-state index contributed by atoms with van der Waals surface area (Å²) >= 11 is 4.16. The fourth-order valence-electron chi connectivity index (χ4n) is 4.43. The van der Waals surface area contributed by atoms with E-state index in [0.29, 0.717) is 22.8 Å². The third kappa shape index (κ3) is 1.72. The van der Waals surface area contributed by atoms with Crippen molar-refractivity contribution < 1.29 is 9.18 Å². The lowest BCUT2D eigenvalue weighted by Gasteiger charge is -2.11. The van der Waals surface area contributed by atoms with Crippen LogP contribution in [0, 0.1) is 29.5 Å². The Balaban J connectivity index is 1.50.